The highest BCUT2D eigenvalue weighted by atomic mass is 16.1. The Bertz CT molecular complexity index is 153. The molecule has 1 aliphatic heterocycles. The van der Waals surface area contributed by atoms with Crippen molar-refractivity contribution in [1.29, 1.82) is 0 Å². The average molecular weight is 122 g/mol. The molecule has 1 aliphatic rings. The molecule has 0 aromatic heterocycles. The molecule has 0 aromatic rings. The van der Waals surface area contributed by atoms with Crippen LogP contribution in [0.3, 0.4) is 0 Å². The van der Waals surface area contributed by atoms with Gasteiger partial charge < -0.3 is 9.79 Å². The molecule has 0 spiro atoms. The van der Waals surface area contributed by atoms with Crippen LogP contribution in [0.4, 0.5) is 0 Å². The molecule has 0 saturated carbocycles. The molecule has 0 aromatic carbocycles. The highest BCUT2D eigenvalue weighted by Crippen LogP contribution is 1.96. The first kappa shape index (κ1) is 6.52. The van der Waals surface area contributed by atoms with Gasteiger partial charge in [0, 0.05) is 6.54 Å². The molecule has 0 amide bonds. The number of hydrogen-bond donors (Lipinski definition) is 0. The summed E-state index contributed by atoms with van der Waals surface area (Å²) in [4.78, 5) is 14.9. The summed E-state index contributed by atoms with van der Waals surface area (Å²) < 4.78 is 0. The van der Waals surface area contributed by atoms with Crippen molar-refractivity contribution in [2.75, 3.05) is 6.54 Å². The fourth-order valence-corrected chi connectivity index (χ4v) is 0.859. The minimum Gasteiger partial charge on any atom is -0.311 e. The summed E-state index contributed by atoms with van der Waals surface area (Å²) in [5, 5.41) is 0. The van der Waals surface area contributed by atoms with Crippen LogP contribution in [0.25, 0.3) is 0 Å². The molecule has 2 nitrogen and oxygen atoms in total. The Morgan fingerprint density at radius 3 is 3.22 bits per heavy atom. The van der Waals surface area contributed by atoms with E-state index in [1.54, 1.807) is 7.28 Å². The Balaban J connectivity index is 2.54. The molecule has 9 heavy (non-hydrogen) atoms. The second-order valence-corrected chi connectivity index (χ2v) is 2.24. The monoisotopic (exact) mass is 122 g/mol. The first-order valence-corrected chi connectivity index (χ1v) is 3.17. The Morgan fingerprint density at radius 1 is 1.67 bits per heavy atom. The van der Waals surface area contributed by atoms with Gasteiger partial charge in [0.15, 0.2) is 0 Å². The van der Waals surface area contributed by atoms with Crippen LogP contribution in [0.15, 0.2) is 4.99 Å². The maximum absolute atomic E-state index is 10.8. The van der Waals surface area contributed by atoms with E-state index in [4.69, 9.17) is 0 Å². The molecule has 47 valence electrons. The van der Waals surface area contributed by atoms with E-state index in [-0.39, 0.29) is 5.68 Å². The second kappa shape index (κ2) is 2.81. The number of carbonyl (C=O) groups is 1. The van der Waals surface area contributed by atoms with Crippen molar-refractivity contribution in [3.05, 3.63) is 0 Å². The highest BCUT2D eigenvalue weighted by Gasteiger charge is 2.08. The smallest absolute Gasteiger partial charge is 0.259 e. The van der Waals surface area contributed by atoms with Crippen molar-refractivity contribution in [2.45, 2.75) is 19.8 Å². The number of rotatable bonds is 0. The Kier molecular flexibility index (Phi) is 2.03. The lowest BCUT2D eigenvalue weighted by molar-refractivity contribution is -0.111. The van der Waals surface area contributed by atoms with E-state index in [9.17, 15) is 4.79 Å². The van der Waals surface area contributed by atoms with Crippen molar-refractivity contribution >= 4 is 18.6 Å². The van der Waals surface area contributed by atoms with Gasteiger partial charge in [0.2, 0.25) is 0 Å². The van der Waals surface area contributed by atoms with E-state index in [2.05, 4.69) is 4.99 Å². The van der Waals surface area contributed by atoms with Crippen LogP contribution in [-0.2, 0) is 4.79 Å². The zero-order valence-electron chi connectivity index (χ0n) is 5.55. The summed E-state index contributed by atoms with van der Waals surface area (Å²) in [6.07, 6.45) is 1.58. The Hall–Kier alpha value is -0.595. The molecular formula is C6H9BNO. The predicted molar refractivity (Wildman–Crippen MR) is 38.0 cm³/mol. The number of nitrogens with zero attached hydrogens (tertiary/aromatic N) is 1. The zero-order chi connectivity index (χ0) is 6.69. The van der Waals surface area contributed by atoms with Crippen molar-refractivity contribution in [3.63, 3.8) is 0 Å². The molecule has 0 unspecified atom stereocenters. The van der Waals surface area contributed by atoms with E-state index < -0.39 is 0 Å². The van der Waals surface area contributed by atoms with Gasteiger partial charge in [-0.25, -0.2) is 0 Å². The van der Waals surface area contributed by atoms with E-state index in [0.29, 0.717) is 6.42 Å². The maximum atomic E-state index is 10.8. The van der Waals surface area contributed by atoms with E-state index in [0.717, 1.165) is 18.6 Å². The topological polar surface area (TPSA) is 29.4 Å². The van der Waals surface area contributed by atoms with Crippen LogP contribution in [0.5, 0.6) is 0 Å². The average Bonchev–Trinajstić information content (AvgIpc) is 1.93. The third kappa shape index (κ3) is 2.00. The van der Waals surface area contributed by atoms with E-state index in [1.165, 1.54) is 0 Å². The Morgan fingerprint density at radius 2 is 2.44 bits per heavy atom. The van der Waals surface area contributed by atoms with Gasteiger partial charge in [0.05, 0.1) is 5.68 Å². The summed E-state index contributed by atoms with van der Waals surface area (Å²) in [5.41, 5.74) is 1.09. The molecule has 0 aliphatic carbocycles. The lowest BCUT2D eigenvalue weighted by Gasteiger charge is -1.87. The normalized spacial score (nSPS) is 20.1. The van der Waals surface area contributed by atoms with Crippen molar-refractivity contribution in [2.24, 2.45) is 4.99 Å². The van der Waals surface area contributed by atoms with Gasteiger partial charge in [0.1, 0.15) is 0 Å². The van der Waals surface area contributed by atoms with Gasteiger partial charge >= 0.3 is 0 Å². The van der Waals surface area contributed by atoms with E-state index >= 15 is 0 Å². The van der Waals surface area contributed by atoms with Crippen molar-refractivity contribution < 1.29 is 4.79 Å². The van der Waals surface area contributed by atoms with Crippen LogP contribution in [0.2, 0.25) is 0 Å². The zero-order valence-corrected chi connectivity index (χ0v) is 5.55. The fraction of sp³-hybridized carbons (Fsp3) is 0.667. The summed E-state index contributed by atoms with van der Waals surface area (Å²) in [5.74, 6) is 0. The predicted octanol–water partition coefficient (Wildman–Crippen LogP) is 0.429. The van der Waals surface area contributed by atoms with Gasteiger partial charge in [-0.05, 0) is 25.4 Å². The molecule has 0 atom stereocenters. The van der Waals surface area contributed by atoms with Crippen molar-refractivity contribution in [1.82, 2.24) is 0 Å². The third-order valence-corrected chi connectivity index (χ3v) is 1.31. The van der Waals surface area contributed by atoms with Gasteiger partial charge in [-0.15, -0.1) is 0 Å². The maximum Gasteiger partial charge on any atom is 0.259 e. The van der Waals surface area contributed by atoms with Gasteiger partial charge in [0.25, 0.3) is 7.28 Å². The molecule has 0 bridgehead atoms. The summed E-state index contributed by atoms with van der Waals surface area (Å²) in [7, 11) is 1.62. The molecule has 0 saturated heterocycles. The minimum atomic E-state index is 0.216. The van der Waals surface area contributed by atoms with Gasteiger partial charge in [-0.3, -0.25) is 0 Å². The van der Waals surface area contributed by atoms with Crippen LogP contribution < -0.4 is 0 Å². The largest absolute Gasteiger partial charge is 0.311 e. The molecule has 3 heteroatoms. The first-order chi connectivity index (χ1) is 4.29. The van der Waals surface area contributed by atoms with Gasteiger partial charge in [-0.1, -0.05) is 0 Å². The summed E-state index contributed by atoms with van der Waals surface area (Å²) in [6, 6.07) is 0. The summed E-state index contributed by atoms with van der Waals surface area (Å²) >= 11 is 0. The quantitative estimate of drug-likeness (QED) is 0.428. The van der Waals surface area contributed by atoms with Crippen LogP contribution in [-0.4, -0.2) is 25.1 Å². The molecule has 1 heterocycles. The molecule has 1 radical (unpaired) electrons. The van der Waals surface area contributed by atoms with Crippen LogP contribution in [0, 0.1) is 0 Å². The number of carbonyl (C=O) groups excluding carboxylic acids is 1. The van der Waals surface area contributed by atoms with E-state index in [1.807, 2.05) is 6.92 Å². The number of aliphatic imine (C=N–C) groups is 1. The second-order valence-electron chi connectivity index (χ2n) is 2.24. The lowest BCUT2D eigenvalue weighted by atomic mass is 9.68. The fourth-order valence-electron chi connectivity index (χ4n) is 0.859. The third-order valence-electron chi connectivity index (χ3n) is 1.31. The first-order valence-electron chi connectivity index (χ1n) is 3.17. The molecule has 1 rings (SSSR count). The van der Waals surface area contributed by atoms with Crippen LogP contribution in [0.1, 0.15) is 19.8 Å². The SMILES string of the molecule is CC1=NCCCC(=O)[B]1. The molecule has 0 fully saturated rings. The lowest BCUT2D eigenvalue weighted by Crippen LogP contribution is -2.14. The minimum absolute atomic E-state index is 0.216. The van der Waals surface area contributed by atoms with Gasteiger partial charge in [-0.2, -0.15) is 0 Å². The standard InChI is InChI=1S/C6H9BNO/c1-5-7-6(9)3-2-4-8-5/h2-4H2,1H3. The highest BCUT2D eigenvalue weighted by molar-refractivity contribution is 6.97. The summed E-state index contributed by atoms with van der Waals surface area (Å²) in [6.45, 7) is 2.68. The molecule has 0 N–H and O–H groups in total. The molecular weight excluding hydrogens is 113 g/mol. The Labute approximate surface area is 55.6 Å². The van der Waals surface area contributed by atoms with Crippen LogP contribution >= 0.6 is 0 Å². The number of hydrogen-bond acceptors (Lipinski definition) is 2. The van der Waals surface area contributed by atoms with Crippen molar-refractivity contribution in [3.8, 4) is 0 Å².